The maximum Gasteiger partial charge on any atom is 0.0488 e. The Morgan fingerprint density at radius 3 is 0.976 bits per heavy atom. The van der Waals surface area contributed by atoms with Gasteiger partial charge in [-0.2, -0.15) is 0 Å². The summed E-state index contributed by atoms with van der Waals surface area (Å²) in [5.74, 6) is 0. The fraction of sp³-hybridized carbons (Fsp3) is 0.100. The quantitative estimate of drug-likeness (QED) is 0.197. The summed E-state index contributed by atoms with van der Waals surface area (Å²) in [5.41, 5.74) is 14.0. The molecule has 0 spiro atoms. The molecule has 6 aromatic carbocycles. The van der Waals surface area contributed by atoms with E-state index in [1.54, 1.807) is 0 Å². The molecule has 0 bridgehead atoms. The minimum Gasteiger partial charge on any atom is -0.310 e. The van der Waals surface area contributed by atoms with Gasteiger partial charge in [-0.25, -0.2) is 0 Å². The monoisotopic (exact) mass is 544 g/mol. The van der Waals surface area contributed by atoms with Crippen LogP contribution in [0.1, 0.15) is 22.3 Å². The zero-order valence-corrected chi connectivity index (χ0v) is 24.8. The normalized spacial score (nSPS) is 10.9. The molecule has 0 aliphatic carbocycles. The van der Waals surface area contributed by atoms with Crippen LogP contribution in [0.15, 0.2) is 146 Å². The smallest absolute Gasteiger partial charge is 0.0488 e. The van der Waals surface area contributed by atoms with E-state index < -0.39 is 0 Å². The lowest BCUT2D eigenvalue weighted by molar-refractivity contribution is 1.23. The van der Waals surface area contributed by atoms with Crippen LogP contribution in [-0.2, 0) is 0 Å². The molecule has 206 valence electrons. The Bertz CT molecular complexity index is 1630. The molecule has 0 heterocycles. The molecular formula is C40H36N2. The van der Waals surface area contributed by atoms with Crippen LogP contribution in [0.5, 0.6) is 0 Å². The molecule has 0 aromatic heterocycles. The van der Waals surface area contributed by atoms with Gasteiger partial charge in [0.15, 0.2) is 0 Å². The van der Waals surface area contributed by atoms with Crippen molar-refractivity contribution in [1.29, 1.82) is 0 Å². The van der Waals surface area contributed by atoms with Gasteiger partial charge in [-0.3, -0.25) is 0 Å². The van der Waals surface area contributed by atoms with Gasteiger partial charge in [0.2, 0.25) is 0 Å². The molecule has 0 aliphatic heterocycles. The second-order valence-corrected chi connectivity index (χ2v) is 11.1. The van der Waals surface area contributed by atoms with E-state index in [-0.39, 0.29) is 0 Å². The highest BCUT2D eigenvalue weighted by Gasteiger charge is 2.19. The maximum absolute atomic E-state index is 2.38. The average molecular weight is 545 g/mol. The van der Waals surface area contributed by atoms with Crippen molar-refractivity contribution in [1.82, 2.24) is 0 Å². The zero-order chi connectivity index (χ0) is 29.1. The first-order valence-corrected chi connectivity index (χ1v) is 14.5. The summed E-state index contributed by atoms with van der Waals surface area (Å²) >= 11 is 0. The minimum absolute atomic E-state index is 1.10. The van der Waals surface area contributed by atoms with Crippen LogP contribution in [0.25, 0.3) is 11.1 Å². The third kappa shape index (κ3) is 5.84. The molecule has 0 fully saturated rings. The molecule has 2 nitrogen and oxygen atoms in total. The molecule has 0 atom stereocenters. The van der Waals surface area contributed by atoms with E-state index in [4.69, 9.17) is 0 Å². The molecule has 0 amide bonds. The van der Waals surface area contributed by atoms with E-state index in [2.05, 4.69) is 183 Å². The van der Waals surface area contributed by atoms with E-state index in [0.717, 1.165) is 34.1 Å². The van der Waals surface area contributed by atoms with Crippen molar-refractivity contribution >= 4 is 34.1 Å². The summed E-state index contributed by atoms with van der Waals surface area (Å²) in [4.78, 5) is 4.75. The van der Waals surface area contributed by atoms with Gasteiger partial charge in [0.1, 0.15) is 0 Å². The maximum atomic E-state index is 2.38. The van der Waals surface area contributed by atoms with E-state index in [1.807, 2.05) is 0 Å². The van der Waals surface area contributed by atoms with E-state index in [0.29, 0.717) is 0 Å². The summed E-state index contributed by atoms with van der Waals surface area (Å²) in [6, 6.07) is 52.6. The highest BCUT2D eigenvalue weighted by Crippen LogP contribution is 2.43. The van der Waals surface area contributed by atoms with Crippen LogP contribution in [0.4, 0.5) is 34.1 Å². The Balaban J connectivity index is 1.64. The highest BCUT2D eigenvalue weighted by molar-refractivity contribution is 5.87. The third-order valence-electron chi connectivity index (χ3n) is 7.57. The van der Waals surface area contributed by atoms with Crippen LogP contribution in [0.2, 0.25) is 0 Å². The van der Waals surface area contributed by atoms with Crippen LogP contribution >= 0.6 is 0 Å². The Morgan fingerprint density at radius 1 is 0.286 bits per heavy atom. The first-order valence-electron chi connectivity index (χ1n) is 14.5. The SMILES string of the molecule is Cc1cccc(N(c2cccc(C)c2)c2cc(-c3ccccc3)cc(N(c3cccc(C)c3)c3cccc(C)c3)c2)c1. The minimum atomic E-state index is 1.10. The highest BCUT2D eigenvalue weighted by atomic mass is 15.2. The third-order valence-corrected chi connectivity index (χ3v) is 7.57. The van der Waals surface area contributed by atoms with Crippen molar-refractivity contribution in [3.63, 3.8) is 0 Å². The predicted octanol–water partition coefficient (Wildman–Crippen LogP) is 11.5. The van der Waals surface area contributed by atoms with Crippen LogP contribution < -0.4 is 9.80 Å². The fourth-order valence-electron chi connectivity index (χ4n) is 5.61. The van der Waals surface area contributed by atoms with Crippen LogP contribution in [0.3, 0.4) is 0 Å². The molecule has 0 saturated carbocycles. The lowest BCUT2D eigenvalue weighted by Crippen LogP contribution is -2.14. The molecule has 0 aliphatic rings. The van der Waals surface area contributed by atoms with Gasteiger partial charge >= 0.3 is 0 Å². The number of rotatable bonds is 7. The second kappa shape index (κ2) is 11.8. The van der Waals surface area contributed by atoms with Gasteiger partial charge < -0.3 is 9.80 Å². The Hall–Kier alpha value is -5.08. The van der Waals surface area contributed by atoms with E-state index >= 15 is 0 Å². The topological polar surface area (TPSA) is 6.48 Å². The van der Waals surface area contributed by atoms with Crippen molar-refractivity contribution in [3.05, 3.63) is 168 Å². The van der Waals surface area contributed by atoms with Gasteiger partial charge in [0, 0.05) is 34.1 Å². The Labute approximate surface area is 250 Å². The Morgan fingerprint density at radius 2 is 0.643 bits per heavy atom. The number of anilines is 6. The molecule has 6 aromatic rings. The predicted molar refractivity (Wildman–Crippen MR) is 180 cm³/mol. The summed E-state index contributed by atoms with van der Waals surface area (Å²) in [6.45, 7) is 8.61. The van der Waals surface area contributed by atoms with Crippen molar-refractivity contribution < 1.29 is 0 Å². The Kier molecular flexibility index (Phi) is 7.62. The van der Waals surface area contributed by atoms with Gasteiger partial charge in [-0.15, -0.1) is 0 Å². The summed E-state index contributed by atoms with van der Waals surface area (Å²) in [7, 11) is 0. The number of nitrogens with zero attached hydrogens (tertiary/aromatic N) is 2. The molecule has 0 N–H and O–H groups in total. The lowest BCUT2D eigenvalue weighted by Gasteiger charge is -2.31. The summed E-state index contributed by atoms with van der Waals surface area (Å²) < 4.78 is 0. The van der Waals surface area contributed by atoms with E-state index in [1.165, 1.54) is 33.4 Å². The van der Waals surface area contributed by atoms with Crippen LogP contribution in [-0.4, -0.2) is 0 Å². The molecule has 0 radical (unpaired) electrons. The first-order chi connectivity index (χ1) is 20.4. The van der Waals surface area contributed by atoms with Crippen molar-refractivity contribution in [2.45, 2.75) is 27.7 Å². The van der Waals surface area contributed by atoms with Gasteiger partial charge in [0.05, 0.1) is 0 Å². The number of hydrogen-bond donors (Lipinski definition) is 0. The second-order valence-electron chi connectivity index (χ2n) is 11.1. The summed E-state index contributed by atoms with van der Waals surface area (Å²) in [6.07, 6.45) is 0. The lowest BCUT2D eigenvalue weighted by atomic mass is 10.0. The van der Waals surface area contributed by atoms with Gasteiger partial charge in [0.25, 0.3) is 0 Å². The van der Waals surface area contributed by atoms with Crippen LogP contribution in [0, 0.1) is 27.7 Å². The molecule has 0 unspecified atom stereocenters. The number of benzene rings is 6. The fourth-order valence-corrected chi connectivity index (χ4v) is 5.61. The number of aryl methyl sites for hydroxylation is 4. The molecule has 6 rings (SSSR count). The van der Waals surface area contributed by atoms with Gasteiger partial charge in [-0.1, -0.05) is 78.9 Å². The average Bonchev–Trinajstić information content (AvgIpc) is 2.98. The van der Waals surface area contributed by atoms with Gasteiger partial charge in [-0.05, 0) is 128 Å². The van der Waals surface area contributed by atoms with Crippen molar-refractivity contribution in [2.75, 3.05) is 9.80 Å². The van der Waals surface area contributed by atoms with E-state index in [9.17, 15) is 0 Å². The standard InChI is InChI=1S/C40H36N2/c1-29-12-8-18-35(22-29)41(36-19-9-13-30(2)23-36)39-26-34(33-16-6-5-7-17-33)27-40(28-39)42(37-20-10-14-31(3)24-37)38-21-11-15-32(4)25-38/h5-28H,1-4H3. The molecule has 2 heteroatoms. The largest absolute Gasteiger partial charge is 0.310 e. The zero-order valence-electron chi connectivity index (χ0n) is 24.8. The molecular weight excluding hydrogens is 508 g/mol. The first kappa shape index (κ1) is 27.1. The van der Waals surface area contributed by atoms with Crippen molar-refractivity contribution in [2.24, 2.45) is 0 Å². The molecule has 42 heavy (non-hydrogen) atoms. The van der Waals surface area contributed by atoms with Crippen molar-refractivity contribution in [3.8, 4) is 11.1 Å². The summed E-state index contributed by atoms with van der Waals surface area (Å²) in [5, 5.41) is 0. The molecule has 0 saturated heterocycles. The number of hydrogen-bond acceptors (Lipinski definition) is 2.